The quantitative estimate of drug-likeness (QED) is 0.919. The van der Waals surface area contributed by atoms with E-state index in [1.807, 2.05) is 6.07 Å². The minimum Gasteiger partial charge on any atom is -0.487 e. The van der Waals surface area contributed by atoms with Gasteiger partial charge in [0.25, 0.3) is 0 Å². The number of hydrogen-bond donors (Lipinski definition) is 1. The third-order valence-corrected chi connectivity index (χ3v) is 3.20. The summed E-state index contributed by atoms with van der Waals surface area (Å²) in [5.74, 6) is 0.107. The smallest absolute Gasteiger partial charge is 0.141 e. The highest BCUT2D eigenvalue weighted by atomic mass is 35.5. The molecule has 0 amide bonds. The lowest BCUT2D eigenvalue weighted by Crippen LogP contribution is -1.99. The van der Waals surface area contributed by atoms with E-state index in [0.29, 0.717) is 17.3 Å². The van der Waals surface area contributed by atoms with Crippen molar-refractivity contribution in [1.29, 1.82) is 0 Å². The van der Waals surface area contributed by atoms with E-state index < -0.39 is 5.82 Å². The van der Waals surface area contributed by atoms with Gasteiger partial charge in [0.1, 0.15) is 18.2 Å². The van der Waals surface area contributed by atoms with Crippen LogP contribution in [0.5, 0.6) is 5.75 Å². The third-order valence-electron chi connectivity index (χ3n) is 2.61. The summed E-state index contributed by atoms with van der Waals surface area (Å²) in [5, 5.41) is 0.571. The van der Waals surface area contributed by atoms with Crippen molar-refractivity contribution in [2.45, 2.75) is 13.2 Å². The van der Waals surface area contributed by atoms with Gasteiger partial charge >= 0.3 is 0 Å². The van der Waals surface area contributed by atoms with Gasteiger partial charge in [-0.25, -0.2) is 4.39 Å². The Hall–Kier alpha value is -1.29. The van der Waals surface area contributed by atoms with Crippen molar-refractivity contribution >= 4 is 23.2 Å². The standard InChI is InChI=1S/C14H12Cl2FNO/c15-11-6-10(1-3-13(11)17)8-19-14-4-2-9(7-18)5-12(14)16/h1-6H,7-8,18H2. The molecule has 5 heteroatoms. The van der Waals surface area contributed by atoms with E-state index in [1.165, 1.54) is 12.1 Å². The van der Waals surface area contributed by atoms with Gasteiger partial charge in [-0.1, -0.05) is 35.3 Å². The summed E-state index contributed by atoms with van der Waals surface area (Å²) in [6.07, 6.45) is 0. The van der Waals surface area contributed by atoms with E-state index >= 15 is 0 Å². The van der Waals surface area contributed by atoms with Crippen LogP contribution in [0.2, 0.25) is 10.0 Å². The van der Waals surface area contributed by atoms with Crippen molar-refractivity contribution in [2.24, 2.45) is 5.73 Å². The summed E-state index contributed by atoms with van der Waals surface area (Å²) in [6, 6.07) is 9.81. The van der Waals surface area contributed by atoms with Crippen LogP contribution in [0.15, 0.2) is 36.4 Å². The molecule has 0 aromatic heterocycles. The molecule has 0 spiro atoms. The fraction of sp³-hybridized carbons (Fsp3) is 0.143. The highest BCUT2D eigenvalue weighted by molar-refractivity contribution is 6.32. The first-order valence-electron chi connectivity index (χ1n) is 5.65. The van der Waals surface area contributed by atoms with Crippen molar-refractivity contribution in [1.82, 2.24) is 0 Å². The lowest BCUT2D eigenvalue weighted by molar-refractivity contribution is 0.306. The van der Waals surface area contributed by atoms with Crippen LogP contribution >= 0.6 is 23.2 Å². The number of hydrogen-bond acceptors (Lipinski definition) is 2. The molecule has 0 bridgehead atoms. The first-order chi connectivity index (χ1) is 9.10. The Morgan fingerprint density at radius 1 is 1.00 bits per heavy atom. The van der Waals surface area contributed by atoms with Crippen LogP contribution in [0.1, 0.15) is 11.1 Å². The van der Waals surface area contributed by atoms with Crippen LogP contribution in [0.3, 0.4) is 0 Å². The lowest BCUT2D eigenvalue weighted by atomic mass is 10.2. The van der Waals surface area contributed by atoms with Gasteiger partial charge in [0, 0.05) is 6.54 Å². The molecular weight excluding hydrogens is 288 g/mol. The Balaban J connectivity index is 2.07. The molecule has 2 aromatic rings. The summed E-state index contributed by atoms with van der Waals surface area (Å²) in [5.41, 5.74) is 7.22. The maximum Gasteiger partial charge on any atom is 0.141 e. The number of ether oxygens (including phenoxy) is 1. The maximum absolute atomic E-state index is 13.0. The molecule has 0 unspecified atom stereocenters. The Kier molecular flexibility index (Phi) is 4.64. The van der Waals surface area contributed by atoms with Crippen molar-refractivity contribution in [3.8, 4) is 5.75 Å². The normalized spacial score (nSPS) is 10.5. The SMILES string of the molecule is NCc1ccc(OCc2ccc(F)c(Cl)c2)c(Cl)c1. The van der Waals surface area contributed by atoms with Gasteiger partial charge in [0.15, 0.2) is 0 Å². The molecule has 2 aromatic carbocycles. The van der Waals surface area contributed by atoms with E-state index in [-0.39, 0.29) is 11.6 Å². The third kappa shape index (κ3) is 3.60. The van der Waals surface area contributed by atoms with Crippen molar-refractivity contribution in [3.05, 3.63) is 63.4 Å². The molecule has 100 valence electrons. The van der Waals surface area contributed by atoms with E-state index in [4.69, 9.17) is 33.7 Å². The highest BCUT2D eigenvalue weighted by Gasteiger charge is 2.05. The molecule has 0 radical (unpaired) electrons. The second-order valence-electron chi connectivity index (χ2n) is 4.01. The van der Waals surface area contributed by atoms with Crippen molar-refractivity contribution < 1.29 is 9.13 Å². The summed E-state index contributed by atoms with van der Waals surface area (Å²) in [4.78, 5) is 0. The Bertz CT molecular complexity index is 590. The van der Waals surface area contributed by atoms with Gasteiger partial charge in [-0.05, 0) is 35.4 Å². The summed E-state index contributed by atoms with van der Waals surface area (Å²) in [6.45, 7) is 0.690. The maximum atomic E-state index is 13.0. The molecular formula is C14H12Cl2FNO. The van der Waals surface area contributed by atoms with E-state index in [0.717, 1.165) is 11.1 Å². The summed E-state index contributed by atoms with van der Waals surface area (Å²) in [7, 11) is 0. The minimum absolute atomic E-state index is 0.0747. The largest absolute Gasteiger partial charge is 0.487 e. The fourth-order valence-corrected chi connectivity index (χ4v) is 2.04. The molecule has 0 fully saturated rings. The average molecular weight is 300 g/mol. The van der Waals surface area contributed by atoms with E-state index in [2.05, 4.69) is 0 Å². The zero-order valence-corrected chi connectivity index (χ0v) is 11.5. The van der Waals surface area contributed by atoms with Crippen LogP contribution in [0.4, 0.5) is 4.39 Å². The molecule has 0 saturated carbocycles. The van der Waals surface area contributed by atoms with Crippen LogP contribution in [-0.2, 0) is 13.2 Å². The first kappa shape index (κ1) is 14.1. The molecule has 0 aliphatic carbocycles. The van der Waals surface area contributed by atoms with Gasteiger partial charge in [-0.3, -0.25) is 0 Å². The molecule has 0 aliphatic rings. The second kappa shape index (κ2) is 6.24. The van der Waals surface area contributed by atoms with Crippen molar-refractivity contribution in [2.75, 3.05) is 0 Å². The molecule has 2 N–H and O–H groups in total. The zero-order chi connectivity index (χ0) is 13.8. The Labute approximate surface area is 120 Å². The minimum atomic E-state index is -0.448. The zero-order valence-electron chi connectivity index (χ0n) is 10.00. The number of rotatable bonds is 4. The molecule has 2 rings (SSSR count). The van der Waals surface area contributed by atoms with Crippen molar-refractivity contribution in [3.63, 3.8) is 0 Å². The molecule has 0 heterocycles. The van der Waals surface area contributed by atoms with Crippen LogP contribution < -0.4 is 10.5 Å². The number of nitrogens with two attached hydrogens (primary N) is 1. The highest BCUT2D eigenvalue weighted by Crippen LogP contribution is 2.26. The predicted molar refractivity (Wildman–Crippen MR) is 75.1 cm³/mol. The topological polar surface area (TPSA) is 35.2 Å². The van der Waals surface area contributed by atoms with Gasteiger partial charge in [0.05, 0.1) is 10.0 Å². The summed E-state index contributed by atoms with van der Waals surface area (Å²) < 4.78 is 18.6. The predicted octanol–water partition coefficient (Wildman–Crippen LogP) is 4.17. The van der Waals surface area contributed by atoms with Gasteiger partial charge in [0.2, 0.25) is 0 Å². The van der Waals surface area contributed by atoms with Gasteiger partial charge in [-0.2, -0.15) is 0 Å². The van der Waals surface area contributed by atoms with Gasteiger partial charge < -0.3 is 10.5 Å². The van der Waals surface area contributed by atoms with Crippen LogP contribution in [0, 0.1) is 5.82 Å². The van der Waals surface area contributed by atoms with E-state index in [9.17, 15) is 4.39 Å². The lowest BCUT2D eigenvalue weighted by Gasteiger charge is -2.09. The van der Waals surface area contributed by atoms with Crippen LogP contribution in [0.25, 0.3) is 0 Å². The van der Waals surface area contributed by atoms with Gasteiger partial charge in [-0.15, -0.1) is 0 Å². The average Bonchev–Trinajstić information content (AvgIpc) is 2.41. The molecule has 0 atom stereocenters. The Morgan fingerprint density at radius 3 is 2.32 bits per heavy atom. The number of halogens is 3. The molecule has 2 nitrogen and oxygen atoms in total. The summed E-state index contributed by atoms with van der Waals surface area (Å²) >= 11 is 11.8. The van der Waals surface area contributed by atoms with Crippen LogP contribution in [-0.4, -0.2) is 0 Å². The first-order valence-corrected chi connectivity index (χ1v) is 6.41. The fourth-order valence-electron chi connectivity index (χ4n) is 1.58. The second-order valence-corrected chi connectivity index (χ2v) is 4.82. The number of benzene rings is 2. The molecule has 19 heavy (non-hydrogen) atoms. The molecule has 0 saturated heterocycles. The van der Waals surface area contributed by atoms with E-state index in [1.54, 1.807) is 18.2 Å². The Morgan fingerprint density at radius 2 is 1.68 bits per heavy atom. The molecule has 0 aliphatic heterocycles. The monoisotopic (exact) mass is 299 g/mol.